The summed E-state index contributed by atoms with van der Waals surface area (Å²) in [4.78, 5) is 29.1. The van der Waals surface area contributed by atoms with Crippen molar-refractivity contribution in [3.63, 3.8) is 0 Å². The first kappa shape index (κ1) is 23.1. The van der Waals surface area contributed by atoms with Crippen molar-refractivity contribution in [2.45, 2.75) is 32.7 Å². The first-order chi connectivity index (χ1) is 12.5. The van der Waals surface area contributed by atoms with E-state index in [1.807, 2.05) is 6.92 Å². The number of halogens is 1. The zero-order chi connectivity index (χ0) is 18.9. The summed E-state index contributed by atoms with van der Waals surface area (Å²) >= 11 is 0. The van der Waals surface area contributed by atoms with Gasteiger partial charge in [0.15, 0.2) is 5.96 Å². The zero-order valence-electron chi connectivity index (χ0n) is 15.8. The molecule has 1 heterocycles. The number of aliphatic imine (C=N–C) groups is 1. The van der Waals surface area contributed by atoms with Crippen LogP contribution in [0.15, 0.2) is 29.3 Å². The molecule has 1 aliphatic rings. The van der Waals surface area contributed by atoms with Crippen LogP contribution in [0.25, 0.3) is 0 Å². The molecule has 0 aromatic heterocycles. The van der Waals surface area contributed by atoms with Crippen LogP contribution in [0.1, 0.15) is 31.7 Å². The number of nitro benzene ring substituents is 1. The van der Waals surface area contributed by atoms with Gasteiger partial charge in [-0.25, -0.2) is 4.99 Å². The maximum Gasteiger partial charge on any atom is 0.274 e. The van der Waals surface area contributed by atoms with E-state index in [1.54, 1.807) is 25.2 Å². The predicted octanol–water partition coefficient (Wildman–Crippen LogP) is 2.53. The Hall–Kier alpha value is -1.91. The lowest BCUT2D eigenvalue weighted by Gasteiger charge is -2.34. The number of carbonyl (C=O) groups excluding carboxylic acids is 1. The first-order valence-corrected chi connectivity index (χ1v) is 9.01. The molecule has 2 N–H and O–H groups in total. The number of hydrogen-bond acceptors (Lipinski definition) is 4. The number of guanidine groups is 1. The van der Waals surface area contributed by atoms with Gasteiger partial charge in [0.25, 0.3) is 5.69 Å². The Morgan fingerprint density at radius 1 is 1.33 bits per heavy atom. The molecule has 1 aliphatic heterocycles. The summed E-state index contributed by atoms with van der Waals surface area (Å²) < 4.78 is 0. The molecule has 0 saturated carbocycles. The summed E-state index contributed by atoms with van der Waals surface area (Å²) in [6, 6.07) is 6.69. The van der Waals surface area contributed by atoms with E-state index in [9.17, 15) is 14.9 Å². The van der Waals surface area contributed by atoms with Crippen LogP contribution in [0.5, 0.6) is 0 Å². The normalized spacial score (nSPS) is 15.0. The monoisotopic (exact) mass is 489 g/mol. The summed E-state index contributed by atoms with van der Waals surface area (Å²) in [5.74, 6) is 1.24. The minimum absolute atomic E-state index is 0. The summed E-state index contributed by atoms with van der Waals surface area (Å²) in [6.45, 7) is 4.64. The minimum atomic E-state index is -0.373. The molecule has 0 unspecified atom stereocenters. The number of benzene rings is 1. The summed E-state index contributed by atoms with van der Waals surface area (Å²) in [6.07, 6.45) is 2.43. The fraction of sp³-hybridized carbons (Fsp3) is 0.556. The SMILES string of the molecule is CCNC(=NCc1ccccc1[N+](=O)[O-])N1CCC(CC(=O)NC)CC1.I. The Bertz CT molecular complexity index is 660. The lowest BCUT2D eigenvalue weighted by atomic mass is 9.93. The molecular formula is C18H28IN5O3. The smallest absolute Gasteiger partial charge is 0.274 e. The molecule has 1 saturated heterocycles. The molecular weight excluding hydrogens is 461 g/mol. The molecule has 1 aromatic rings. The maximum atomic E-state index is 11.5. The highest BCUT2D eigenvalue weighted by Gasteiger charge is 2.23. The number of amides is 1. The van der Waals surface area contributed by atoms with Gasteiger partial charge in [0.2, 0.25) is 5.91 Å². The standard InChI is InChI=1S/C18H27N5O3.HI/c1-3-20-18(21-13-15-6-4-5-7-16(15)23(25)26)22-10-8-14(9-11-22)12-17(24)19-2;/h4-7,14H,3,8-13H2,1-2H3,(H,19,24)(H,20,21);1H. The van der Waals surface area contributed by atoms with Gasteiger partial charge in [0.05, 0.1) is 17.0 Å². The molecule has 9 heteroatoms. The predicted molar refractivity (Wildman–Crippen MR) is 116 cm³/mol. The largest absolute Gasteiger partial charge is 0.359 e. The molecule has 27 heavy (non-hydrogen) atoms. The number of rotatable bonds is 6. The number of likely N-dealkylation sites (tertiary alicyclic amines) is 1. The van der Waals surface area contributed by atoms with E-state index in [-0.39, 0.29) is 47.0 Å². The van der Waals surface area contributed by atoms with Gasteiger partial charge < -0.3 is 15.5 Å². The van der Waals surface area contributed by atoms with Crippen LogP contribution in [0.2, 0.25) is 0 Å². The van der Waals surface area contributed by atoms with E-state index < -0.39 is 0 Å². The molecule has 0 spiro atoms. The number of carbonyl (C=O) groups is 1. The van der Waals surface area contributed by atoms with Crippen molar-refractivity contribution in [2.24, 2.45) is 10.9 Å². The van der Waals surface area contributed by atoms with Gasteiger partial charge in [0.1, 0.15) is 0 Å². The number of piperidine rings is 1. The average molecular weight is 489 g/mol. The topological polar surface area (TPSA) is 99.9 Å². The molecule has 0 bridgehead atoms. The molecule has 0 aliphatic carbocycles. The van der Waals surface area contributed by atoms with Crippen LogP contribution in [-0.4, -0.2) is 48.4 Å². The van der Waals surface area contributed by atoms with Crippen LogP contribution in [-0.2, 0) is 11.3 Å². The van der Waals surface area contributed by atoms with E-state index in [0.29, 0.717) is 17.9 Å². The highest BCUT2D eigenvalue weighted by atomic mass is 127. The molecule has 150 valence electrons. The Morgan fingerprint density at radius 2 is 2.00 bits per heavy atom. The van der Waals surface area contributed by atoms with Crippen molar-refractivity contribution in [1.29, 1.82) is 0 Å². The zero-order valence-corrected chi connectivity index (χ0v) is 18.1. The summed E-state index contributed by atoms with van der Waals surface area (Å²) in [7, 11) is 1.66. The van der Waals surface area contributed by atoms with Gasteiger partial charge in [-0.3, -0.25) is 14.9 Å². The van der Waals surface area contributed by atoms with Crippen LogP contribution in [0, 0.1) is 16.0 Å². The van der Waals surface area contributed by atoms with E-state index in [1.165, 1.54) is 6.07 Å². The Balaban J connectivity index is 0.00000364. The molecule has 0 atom stereocenters. The third kappa shape index (κ3) is 6.96. The van der Waals surface area contributed by atoms with Crippen LogP contribution in [0.3, 0.4) is 0 Å². The second-order valence-electron chi connectivity index (χ2n) is 6.36. The molecule has 1 amide bonds. The quantitative estimate of drug-likeness (QED) is 0.210. The lowest BCUT2D eigenvalue weighted by molar-refractivity contribution is -0.385. The van der Waals surface area contributed by atoms with Crippen molar-refractivity contribution in [3.05, 3.63) is 39.9 Å². The van der Waals surface area contributed by atoms with Crippen LogP contribution >= 0.6 is 24.0 Å². The maximum absolute atomic E-state index is 11.5. The Labute approximate surface area is 177 Å². The van der Waals surface area contributed by atoms with Gasteiger partial charge in [0, 0.05) is 39.2 Å². The summed E-state index contributed by atoms with van der Waals surface area (Å²) in [5.41, 5.74) is 0.693. The van der Waals surface area contributed by atoms with Crippen LogP contribution < -0.4 is 10.6 Å². The number of nitrogens with one attached hydrogen (secondary N) is 2. The summed E-state index contributed by atoms with van der Waals surface area (Å²) in [5, 5.41) is 17.1. The molecule has 2 rings (SSSR count). The third-order valence-corrected chi connectivity index (χ3v) is 4.59. The van der Waals surface area contributed by atoms with E-state index in [2.05, 4.69) is 20.5 Å². The van der Waals surface area contributed by atoms with E-state index in [4.69, 9.17) is 0 Å². The van der Waals surface area contributed by atoms with Gasteiger partial charge in [-0.15, -0.1) is 24.0 Å². The molecule has 0 radical (unpaired) electrons. The Kier molecular flexibility index (Phi) is 10.0. The molecule has 1 fully saturated rings. The minimum Gasteiger partial charge on any atom is -0.359 e. The number of para-hydroxylation sites is 1. The van der Waals surface area contributed by atoms with Gasteiger partial charge in [-0.2, -0.15) is 0 Å². The molecule has 1 aromatic carbocycles. The fourth-order valence-corrected chi connectivity index (χ4v) is 3.12. The first-order valence-electron chi connectivity index (χ1n) is 9.01. The van der Waals surface area contributed by atoms with Crippen molar-refractivity contribution >= 4 is 41.5 Å². The van der Waals surface area contributed by atoms with Crippen molar-refractivity contribution in [1.82, 2.24) is 15.5 Å². The van der Waals surface area contributed by atoms with Gasteiger partial charge >= 0.3 is 0 Å². The van der Waals surface area contributed by atoms with Crippen molar-refractivity contribution < 1.29 is 9.72 Å². The van der Waals surface area contributed by atoms with Crippen LogP contribution in [0.4, 0.5) is 5.69 Å². The molecule has 8 nitrogen and oxygen atoms in total. The Morgan fingerprint density at radius 3 is 2.59 bits per heavy atom. The third-order valence-electron chi connectivity index (χ3n) is 4.59. The van der Waals surface area contributed by atoms with E-state index in [0.717, 1.165) is 38.4 Å². The average Bonchev–Trinajstić information content (AvgIpc) is 2.66. The second kappa shape index (κ2) is 11.7. The number of nitro groups is 1. The van der Waals surface area contributed by atoms with E-state index >= 15 is 0 Å². The van der Waals surface area contributed by atoms with Gasteiger partial charge in [-0.05, 0) is 25.7 Å². The number of nitrogens with zero attached hydrogens (tertiary/aromatic N) is 3. The van der Waals surface area contributed by atoms with Gasteiger partial charge in [-0.1, -0.05) is 18.2 Å². The lowest BCUT2D eigenvalue weighted by Crippen LogP contribution is -2.46. The van der Waals surface area contributed by atoms with Crippen molar-refractivity contribution in [3.8, 4) is 0 Å². The number of hydrogen-bond donors (Lipinski definition) is 2. The fourth-order valence-electron chi connectivity index (χ4n) is 3.12. The highest BCUT2D eigenvalue weighted by Crippen LogP contribution is 2.21. The highest BCUT2D eigenvalue weighted by molar-refractivity contribution is 14.0. The second-order valence-corrected chi connectivity index (χ2v) is 6.36. The van der Waals surface area contributed by atoms with Crippen molar-refractivity contribution in [2.75, 3.05) is 26.7 Å².